The molecular weight excluding hydrogens is 436 g/mol. The van der Waals surface area contributed by atoms with Crippen LogP contribution in [0.5, 0.6) is 0 Å². The quantitative estimate of drug-likeness (QED) is 0.401. The average Bonchev–Trinajstić information content (AvgIpc) is 3.41. The van der Waals surface area contributed by atoms with Crippen molar-refractivity contribution in [3.8, 4) is 11.8 Å². The third-order valence-corrected chi connectivity index (χ3v) is 7.62. The Balaban J connectivity index is 1.32. The van der Waals surface area contributed by atoms with E-state index in [2.05, 4.69) is 63.6 Å². The zero-order valence-corrected chi connectivity index (χ0v) is 20.2. The molecule has 2 aliphatic rings. The predicted molar refractivity (Wildman–Crippen MR) is 137 cm³/mol. The Morgan fingerprint density at radius 1 is 1.03 bits per heavy atom. The number of imide groups is 1. The molecule has 2 aromatic carbocycles. The first-order valence-electron chi connectivity index (χ1n) is 12.5. The maximum absolute atomic E-state index is 13.7. The van der Waals surface area contributed by atoms with Gasteiger partial charge in [-0.25, -0.2) is 4.79 Å². The van der Waals surface area contributed by atoms with E-state index in [0.717, 1.165) is 44.4 Å². The van der Waals surface area contributed by atoms with Crippen LogP contribution in [0.25, 0.3) is 10.9 Å². The number of hydrogen-bond donors (Lipinski definition) is 2. The molecule has 35 heavy (non-hydrogen) atoms. The van der Waals surface area contributed by atoms with E-state index in [4.69, 9.17) is 0 Å². The molecule has 6 nitrogen and oxygen atoms in total. The fraction of sp³-hybridized carbons (Fsp3) is 0.379. The standard InChI is InChI=1S/C29H32N4O2/c1-2-3-17-33-27(34)29(31-28(33)35,16-13-22-9-5-4-6-10-22)24-14-18-32(19-15-24)21-23-20-30-26-12-8-7-11-25(23)26/h4-12,20,24,30H,13-19,21H2,1H3,(H,31,35)/t29-/m0/s1. The molecule has 3 aromatic rings. The number of aromatic amines is 1. The number of benzene rings is 2. The molecule has 6 heteroatoms. The predicted octanol–water partition coefficient (Wildman–Crippen LogP) is 4.33. The highest BCUT2D eigenvalue weighted by molar-refractivity contribution is 6.07. The molecule has 1 atom stereocenters. The Bertz CT molecular complexity index is 1260. The molecule has 0 aliphatic carbocycles. The molecule has 3 amide bonds. The molecule has 2 aliphatic heterocycles. The number of hydrogen-bond acceptors (Lipinski definition) is 3. The lowest BCUT2D eigenvalue weighted by molar-refractivity contribution is -0.134. The number of nitrogens with zero attached hydrogens (tertiary/aromatic N) is 2. The van der Waals surface area contributed by atoms with Gasteiger partial charge in [-0.3, -0.25) is 14.6 Å². The molecular formula is C29H32N4O2. The van der Waals surface area contributed by atoms with Crippen molar-refractivity contribution in [3.05, 3.63) is 71.9 Å². The van der Waals surface area contributed by atoms with Crippen molar-refractivity contribution in [1.29, 1.82) is 0 Å². The second-order valence-electron chi connectivity index (χ2n) is 9.62. The van der Waals surface area contributed by atoms with Gasteiger partial charge in [0.15, 0.2) is 0 Å². The third-order valence-electron chi connectivity index (χ3n) is 7.62. The number of carbonyl (C=O) groups is 2. The fourth-order valence-corrected chi connectivity index (χ4v) is 5.67. The van der Waals surface area contributed by atoms with Crippen molar-refractivity contribution < 1.29 is 9.59 Å². The lowest BCUT2D eigenvalue weighted by Gasteiger charge is -2.41. The van der Waals surface area contributed by atoms with Crippen LogP contribution >= 0.6 is 0 Å². The summed E-state index contributed by atoms with van der Waals surface area (Å²) in [6.07, 6.45) is 5.19. The second-order valence-corrected chi connectivity index (χ2v) is 9.62. The minimum atomic E-state index is -0.866. The number of nitrogens with one attached hydrogen (secondary N) is 2. The number of fused-ring (bicyclic) bond motifs is 1. The molecule has 180 valence electrons. The number of para-hydroxylation sites is 1. The number of piperidine rings is 1. The Kier molecular flexibility index (Phi) is 6.61. The van der Waals surface area contributed by atoms with Crippen LogP contribution in [-0.4, -0.2) is 51.9 Å². The molecule has 1 aromatic heterocycles. The number of aromatic nitrogens is 1. The zero-order valence-electron chi connectivity index (χ0n) is 20.2. The minimum Gasteiger partial charge on any atom is -0.361 e. The summed E-state index contributed by atoms with van der Waals surface area (Å²) >= 11 is 0. The van der Waals surface area contributed by atoms with E-state index in [-0.39, 0.29) is 24.4 Å². The topological polar surface area (TPSA) is 68.4 Å². The summed E-state index contributed by atoms with van der Waals surface area (Å²) in [7, 11) is 0. The van der Waals surface area contributed by atoms with Gasteiger partial charge in [-0.05, 0) is 68.8 Å². The van der Waals surface area contributed by atoms with Gasteiger partial charge in [0.1, 0.15) is 5.54 Å². The van der Waals surface area contributed by atoms with E-state index in [1.165, 1.54) is 21.4 Å². The van der Waals surface area contributed by atoms with Crippen LogP contribution < -0.4 is 5.32 Å². The van der Waals surface area contributed by atoms with E-state index >= 15 is 0 Å². The number of likely N-dealkylation sites (tertiary alicyclic amines) is 1. The van der Waals surface area contributed by atoms with Crippen molar-refractivity contribution in [1.82, 2.24) is 20.1 Å². The summed E-state index contributed by atoms with van der Waals surface area (Å²) in [6, 6.07) is 18.3. The molecule has 2 saturated heterocycles. The number of carbonyl (C=O) groups excluding carboxylic acids is 2. The number of H-pyrrole nitrogens is 1. The maximum atomic E-state index is 13.7. The highest BCUT2D eigenvalue weighted by Crippen LogP contribution is 2.37. The van der Waals surface area contributed by atoms with Gasteiger partial charge in [0.25, 0.3) is 5.91 Å². The summed E-state index contributed by atoms with van der Waals surface area (Å²) in [5.41, 5.74) is 2.77. The van der Waals surface area contributed by atoms with Crippen molar-refractivity contribution in [3.63, 3.8) is 0 Å². The Morgan fingerprint density at radius 2 is 1.77 bits per heavy atom. The molecule has 2 N–H and O–H groups in total. The minimum absolute atomic E-state index is 0.0986. The highest BCUT2D eigenvalue weighted by Gasteiger charge is 2.55. The summed E-state index contributed by atoms with van der Waals surface area (Å²) in [5.74, 6) is 5.69. The summed E-state index contributed by atoms with van der Waals surface area (Å²) in [4.78, 5) is 33.7. The molecule has 0 radical (unpaired) electrons. The maximum Gasteiger partial charge on any atom is 0.325 e. The van der Waals surface area contributed by atoms with Crippen molar-refractivity contribution in [2.75, 3.05) is 19.6 Å². The van der Waals surface area contributed by atoms with Crippen LogP contribution in [0.3, 0.4) is 0 Å². The van der Waals surface area contributed by atoms with E-state index in [0.29, 0.717) is 6.42 Å². The molecule has 0 bridgehead atoms. The van der Waals surface area contributed by atoms with E-state index < -0.39 is 5.54 Å². The lowest BCUT2D eigenvalue weighted by atomic mass is 9.74. The molecule has 5 rings (SSSR count). The first kappa shape index (κ1) is 23.2. The van der Waals surface area contributed by atoms with E-state index in [9.17, 15) is 9.59 Å². The van der Waals surface area contributed by atoms with Crippen molar-refractivity contribution in [2.24, 2.45) is 5.92 Å². The monoisotopic (exact) mass is 468 g/mol. The second kappa shape index (κ2) is 9.97. The Hall–Kier alpha value is -3.56. The molecule has 0 saturated carbocycles. The average molecular weight is 469 g/mol. The number of urea groups is 1. The summed E-state index contributed by atoms with van der Waals surface area (Å²) in [6.45, 7) is 4.55. The van der Waals surface area contributed by atoms with E-state index in [1.54, 1.807) is 6.92 Å². The molecule has 0 unspecified atom stereocenters. The van der Waals surface area contributed by atoms with Gasteiger partial charge in [0, 0.05) is 23.6 Å². The number of amides is 3. The van der Waals surface area contributed by atoms with Crippen molar-refractivity contribution in [2.45, 2.75) is 44.7 Å². The van der Waals surface area contributed by atoms with Crippen molar-refractivity contribution >= 4 is 22.8 Å². The van der Waals surface area contributed by atoms with Gasteiger partial charge in [-0.2, -0.15) is 0 Å². The first-order valence-corrected chi connectivity index (χ1v) is 12.5. The van der Waals surface area contributed by atoms with Gasteiger partial charge in [0.05, 0.1) is 6.54 Å². The van der Waals surface area contributed by atoms with Crippen LogP contribution in [0.1, 0.15) is 37.3 Å². The number of aryl methyl sites for hydroxylation is 1. The largest absolute Gasteiger partial charge is 0.361 e. The van der Waals surface area contributed by atoms with Crippen LogP contribution in [0.2, 0.25) is 0 Å². The normalized spacial score (nSPS) is 21.2. The highest BCUT2D eigenvalue weighted by atomic mass is 16.2. The molecule has 3 heterocycles. The van der Waals surface area contributed by atoms with Gasteiger partial charge in [-0.15, -0.1) is 5.92 Å². The van der Waals surface area contributed by atoms with Gasteiger partial charge in [0.2, 0.25) is 0 Å². The summed E-state index contributed by atoms with van der Waals surface area (Å²) in [5, 5.41) is 4.41. The Labute approximate surface area is 206 Å². The lowest BCUT2D eigenvalue weighted by Crippen LogP contribution is -2.56. The van der Waals surface area contributed by atoms with Crippen LogP contribution in [0.4, 0.5) is 4.79 Å². The summed E-state index contributed by atoms with van der Waals surface area (Å²) < 4.78 is 0. The fourth-order valence-electron chi connectivity index (χ4n) is 5.67. The third kappa shape index (κ3) is 4.56. The first-order chi connectivity index (χ1) is 17.1. The smallest absolute Gasteiger partial charge is 0.325 e. The SMILES string of the molecule is CC#CCN1C(=O)N[C@@](CCc2ccccc2)(C2CCN(Cc3c[nH]c4ccccc34)CC2)C1=O. The van der Waals surface area contributed by atoms with Crippen LogP contribution in [0.15, 0.2) is 60.8 Å². The van der Waals surface area contributed by atoms with Crippen LogP contribution in [0, 0.1) is 17.8 Å². The zero-order chi connectivity index (χ0) is 24.3. The Morgan fingerprint density at radius 3 is 2.54 bits per heavy atom. The van der Waals surface area contributed by atoms with E-state index in [1.807, 2.05) is 24.3 Å². The number of rotatable bonds is 7. The van der Waals surface area contributed by atoms with Gasteiger partial charge < -0.3 is 10.3 Å². The van der Waals surface area contributed by atoms with Crippen LogP contribution in [-0.2, 0) is 17.8 Å². The molecule has 2 fully saturated rings. The van der Waals surface area contributed by atoms with Gasteiger partial charge >= 0.3 is 6.03 Å². The molecule has 0 spiro atoms. The van der Waals surface area contributed by atoms with Gasteiger partial charge in [-0.1, -0.05) is 54.5 Å².